The molecule has 0 bridgehead atoms. The number of non-ortho nitro benzene ring substituents is 1. The molecular formula is C22H19N3O7S. The van der Waals surface area contributed by atoms with Crippen molar-refractivity contribution in [2.45, 2.75) is 17.7 Å². The highest BCUT2D eigenvalue weighted by molar-refractivity contribution is 7.90. The van der Waals surface area contributed by atoms with Crippen LogP contribution in [0.1, 0.15) is 22.3 Å². The molecule has 33 heavy (non-hydrogen) atoms. The zero-order chi connectivity index (χ0) is 24.0. The second-order valence-electron chi connectivity index (χ2n) is 6.91. The first-order valence-corrected chi connectivity index (χ1v) is 11.1. The number of nitro benzene ring substituents is 1. The summed E-state index contributed by atoms with van der Waals surface area (Å²) in [6.07, 6.45) is 3.76. The molecule has 0 radical (unpaired) electrons. The lowest BCUT2D eigenvalue weighted by molar-refractivity contribution is -0.384. The molecule has 2 aromatic carbocycles. The number of pyridine rings is 1. The molecule has 11 heteroatoms. The molecule has 1 N–H and O–H groups in total. The standard InChI is InChI=1S/C22H19N3O7S/c1-32-22-17(14-26)11-19(12-20(22)16-5-2-6-18(10-16)25(28)29)33(30,31)24-21(27)8-7-15-4-3-9-23-13-15/h2-6,9-14H,7-8H2,1H3,(H,24,27). The van der Waals surface area contributed by atoms with Gasteiger partial charge < -0.3 is 4.74 Å². The lowest BCUT2D eigenvalue weighted by Crippen LogP contribution is -2.30. The minimum atomic E-state index is -4.34. The Hall–Kier alpha value is -4.12. The summed E-state index contributed by atoms with van der Waals surface area (Å²) in [5, 5.41) is 11.1. The lowest BCUT2D eigenvalue weighted by Gasteiger charge is -2.14. The molecule has 0 aliphatic rings. The second-order valence-corrected chi connectivity index (χ2v) is 8.59. The number of nitrogens with zero attached hydrogens (tertiary/aromatic N) is 2. The van der Waals surface area contributed by atoms with Gasteiger partial charge in [0.05, 0.1) is 22.5 Å². The molecule has 1 heterocycles. The Kier molecular flexibility index (Phi) is 7.13. The number of benzene rings is 2. The number of carbonyl (C=O) groups excluding carboxylic acids is 2. The van der Waals surface area contributed by atoms with Gasteiger partial charge in [-0.3, -0.25) is 24.7 Å². The highest BCUT2D eigenvalue weighted by Crippen LogP contribution is 2.36. The molecule has 0 spiro atoms. The molecule has 1 aromatic heterocycles. The predicted molar refractivity (Wildman–Crippen MR) is 118 cm³/mol. The molecule has 0 atom stereocenters. The quantitative estimate of drug-likeness (QED) is 0.286. The summed E-state index contributed by atoms with van der Waals surface area (Å²) in [4.78, 5) is 38.0. The predicted octanol–water partition coefficient (Wildman–Crippen LogP) is 2.92. The molecule has 0 fully saturated rings. The Balaban J connectivity index is 1.96. The number of nitrogens with one attached hydrogen (secondary N) is 1. The van der Waals surface area contributed by atoms with Crippen molar-refractivity contribution < 1.29 is 27.7 Å². The number of aldehydes is 1. The van der Waals surface area contributed by atoms with Crippen molar-refractivity contribution in [3.8, 4) is 16.9 Å². The van der Waals surface area contributed by atoms with Crippen LogP contribution < -0.4 is 9.46 Å². The number of hydrogen-bond acceptors (Lipinski definition) is 8. The summed E-state index contributed by atoms with van der Waals surface area (Å²) >= 11 is 0. The number of rotatable bonds is 9. The Labute approximate surface area is 189 Å². The van der Waals surface area contributed by atoms with Crippen molar-refractivity contribution >= 4 is 27.9 Å². The van der Waals surface area contributed by atoms with Gasteiger partial charge >= 0.3 is 0 Å². The van der Waals surface area contributed by atoms with Gasteiger partial charge in [0.1, 0.15) is 5.75 Å². The fourth-order valence-corrected chi connectivity index (χ4v) is 4.23. The van der Waals surface area contributed by atoms with Crippen LogP contribution in [0, 0.1) is 10.1 Å². The first kappa shape index (κ1) is 23.5. The number of amides is 1. The van der Waals surface area contributed by atoms with Gasteiger partial charge in [0.2, 0.25) is 5.91 Å². The number of methoxy groups -OCH3 is 1. The summed E-state index contributed by atoms with van der Waals surface area (Å²) in [5.74, 6) is -0.688. The van der Waals surface area contributed by atoms with Gasteiger partial charge in [-0.1, -0.05) is 18.2 Å². The van der Waals surface area contributed by atoms with Crippen LogP contribution in [0.2, 0.25) is 0 Å². The maximum Gasteiger partial charge on any atom is 0.270 e. The molecule has 3 rings (SSSR count). The van der Waals surface area contributed by atoms with E-state index in [-0.39, 0.29) is 45.9 Å². The van der Waals surface area contributed by atoms with Gasteiger partial charge in [-0.2, -0.15) is 0 Å². The number of nitro groups is 1. The third kappa shape index (κ3) is 5.57. The molecule has 10 nitrogen and oxygen atoms in total. The zero-order valence-electron chi connectivity index (χ0n) is 17.4. The molecule has 3 aromatic rings. The van der Waals surface area contributed by atoms with E-state index in [1.54, 1.807) is 24.5 Å². The first-order valence-electron chi connectivity index (χ1n) is 9.61. The third-order valence-electron chi connectivity index (χ3n) is 4.71. The monoisotopic (exact) mass is 469 g/mol. The fourth-order valence-electron chi connectivity index (χ4n) is 3.16. The van der Waals surface area contributed by atoms with Gasteiger partial charge in [0, 0.05) is 36.5 Å². The number of ether oxygens (including phenoxy) is 1. The minimum absolute atomic E-state index is 0.0485. The van der Waals surface area contributed by atoms with E-state index in [9.17, 15) is 28.1 Å². The third-order valence-corrected chi connectivity index (χ3v) is 6.06. The van der Waals surface area contributed by atoms with Crippen LogP contribution in [0.25, 0.3) is 11.1 Å². The molecule has 0 unspecified atom stereocenters. The van der Waals surface area contributed by atoms with E-state index >= 15 is 0 Å². The smallest absolute Gasteiger partial charge is 0.270 e. The molecular weight excluding hydrogens is 450 g/mol. The minimum Gasteiger partial charge on any atom is -0.495 e. The van der Waals surface area contributed by atoms with Gasteiger partial charge in [-0.15, -0.1) is 0 Å². The largest absolute Gasteiger partial charge is 0.495 e. The molecule has 0 aliphatic heterocycles. The maximum atomic E-state index is 12.9. The Morgan fingerprint density at radius 2 is 2.00 bits per heavy atom. The Morgan fingerprint density at radius 1 is 1.21 bits per heavy atom. The van der Waals surface area contributed by atoms with Gasteiger partial charge in [-0.05, 0) is 35.7 Å². The highest BCUT2D eigenvalue weighted by Gasteiger charge is 2.23. The normalized spacial score (nSPS) is 10.9. The van der Waals surface area contributed by atoms with E-state index in [4.69, 9.17) is 4.74 Å². The van der Waals surface area contributed by atoms with Crippen LogP contribution in [0.5, 0.6) is 5.75 Å². The van der Waals surface area contributed by atoms with Crippen LogP contribution in [0.15, 0.2) is 65.8 Å². The van der Waals surface area contributed by atoms with E-state index in [1.807, 2.05) is 4.72 Å². The number of carbonyl (C=O) groups is 2. The van der Waals surface area contributed by atoms with E-state index in [1.165, 1.54) is 37.4 Å². The summed E-state index contributed by atoms with van der Waals surface area (Å²) < 4.78 is 33.0. The average molecular weight is 469 g/mol. The number of sulfonamides is 1. The van der Waals surface area contributed by atoms with Crippen LogP contribution in [0.4, 0.5) is 5.69 Å². The second kappa shape index (κ2) is 10.0. The summed E-state index contributed by atoms with van der Waals surface area (Å²) in [6.45, 7) is 0. The van der Waals surface area contributed by atoms with Crippen molar-refractivity contribution in [2.75, 3.05) is 7.11 Å². The zero-order valence-corrected chi connectivity index (χ0v) is 18.2. The molecule has 170 valence electrons. The molecule has 1 amide bonds. The van der Waals surface area contributed by atoms with E-state index < -0.39 is 20.9 Å². The highest BCUT2D eigenvalue weighted by atomic mass is 32.2. The average Bonchev–Trinajstić information content (AvgIpc) is 2.82. The fraction of sp³-hybridized carbons (Fsp3) is 0.136. The van der Waals surface area contributed by atoms with Crippen LogP contribution in [-0.2, 0) is 21.2 Å². The van der Waals surface area contributed by atoms with E-state index in [0.717, 1.165) is 11.6 Å². The molecule has 0 saturated heterocycles. The van der Waals surface area contributed by atoms with Crippen molar-refractivity contribution in [1.29, 1.82) is 0 Å². The number of hydrogen-bond donors (Lipinski definition) is 1. The van der Waals surface area contributed by atoms with Crippen LogP contribution in [0.3, 0.4) is 0 Å². The number of aromatic nitrogens is 1. The SMILES string of the molecule is COc1c(C=O)cc(S(=O)(=O)NC(=O)CCc2cccnc2)cc1-c1cccc([N+](=O)[O-])c1. The van der Waals surface area contributed by atoms with Crippen molar-refractivity contribution in [3.63, 3.8) is 0 Å². The molecule has 0 aliphatic carbocycles. The Morgan fingerprint density at radius 3 is 2.64 bits per heavy atom. The van der Waals surface area contributed by atoms with E-state index in [0.29, 0.717) is 6.29 Å². The summed E-state index contributed by atoms with van der Waals surface area (Å²) in [7, 11) is -3.05. The Bertz CT molecular complexity index is 1310. The first-order chi connectivity index (χ1) is 15.7. The lowest BCUT2D eigenvalue weighted by atomic mass is 10.0. The number of aryl methyl sites for hydroxylation is 1. The molecule has 0 saturated carbocycles. The van der Waals surface area contributed by atoms with Crippen molar-refractivity contribution in [2.24, 2.45) is 0 Å². The van der Waals surface area contributed by atoms with Gasteiger partial charge in [0.15, 0.2) is 6.29 Å². The van der Waals surface area contributed by atoms with Crippen LogP contribution >= 0.6 is 0 Å². The van der Waals surface area contributed by atoms with Crippen molar-refractivity contribution in [1.82, 2.24) is 9.71 Å². The van der Waals surface area contributed by atoms with Gasteiger partial charge in [0.25, 0.3) is 15.7 Å². The van der Waals surface area contributed by atoms with Crippen molar-refractivity contribution in [3.05, 3.63) is 82.2 Å². The summed E-state index contributed by atoms with van der Waals surface area (Å²) in [6, 6.07) is 11.2. The van der Waals surface area contributed by atoms with Gasteiger partial charge in [-0.25, -0.2) is 13.1 Å². The topological polar surface area (TPSA) is 146 Å². The summed E-state index contributed by atoms with van der Waals surface area (Å²) in [5.41, 5.74) is 0.868. The maximum absolute atomic E-state index is 12.9. The van der Waals surface area contributed by atoms with E-state index in [2.05, 4.69) is 4.98 Å². The van der Waals surface area contributed by atoms with Crippen LogP contribution in [-0.4, -0.2) is 37.6 Å².